The molecule has 3 N–H and O–H groups in total. The summed E-state index contributed by atoms with van der Waals surface area (Å²) in [5, 5.41) is 11.1. The molecule has 1 amide bonds. The van der Waals surface area contributed by atoms with Crippen molar-refractivity contribution >= 4 is 11.7 Å². The van der Waals surface area contributed by atoms with Gasteiger partial charge in [-0.15, -0.1) is 10.2 Å². The molecule has 1 saturated heterocycles. The number of amides is 1. The van der Waals surface area contributed by atoms with Crippen LogP contribution in [0.15, 0.2) is 12.1 Å². The van der Waals surface area contributed by atoms with Crippen molar-refractivity contribution in [1.29, 1.82) is 0 Å². The Balaban J connectivity index is 2.14. The van der Waals surface area contributed by atoms with Crippen LogP contribution in [-0.4, -0.2) is 41.8 Å². The van der Waals surface area contributed by atoms with Gasteiger partial charge in [0.15, 0.2) is 11.5 Å². The molecule has 0 unspecified atom stereocenters. The number of primary amides is 1. The minimum Gasteiger partial charge on any atom is -0.364 e. The first-order valence-electron chi connectivity index (χ1n) is 5.83. The monoisotopic (exact) mass is 235 g/mol. The van der Waals surface area contributed by atoms with E-state index in [0.717, 1.165) is 31.9 Å². The van der Waals surface area contributed by atoms with Crippen LogP contribution in [0.25, 0.3) is 0 Å². The lowest BCUT2D eigenvalue weighted by molar-refractivity contribution is 0.0994. The average molecular weight is 235 g/mol. The van der Waals surface area contributed by atoms with Gasteiger partial charge in [0.2, 0.25) is 0 Å². The smallest absolute Gasteiger partial charge is 0.269 e. The number of anilines is 1. The van der Waals surface area contributed by atoms with Crippen LogP contribution >= 0.6 is 0 Å². The van der Waals surface area contributed by atoms with Crippen molar-refractivity contribution in [3.05, 3.63) is 17.8 Å². The van der Waals surface area contributed by atoms with Gasteiger partial charge in [-0.3, -0.25) is 4.79 Å². The maximum atomic E-state index is 10.9. The number of nitrogens with one attached hydrogen (secondary N) is 1. The van der Waals surface area contributed by atoms with Crippen LogP contribution in [-0.2, 0) is 0 Å². The zero-order valence-corrected chi connectivity index (χ0v) is 9.89. The molecule has 0 saturated carbocycles. The van der Waals surface area contributed by atoms with Crippen LogP contribution in [0.4, 0.5) is 5.82 Å². The van der Waals surface area contributed by atoms with Crippen molar-refractivity contribution in [2.45, 2.75) is 19.4 Å². The predicted octanol–water partition coefficient (Wildman–Crippen LogP) is -0.236. The Morgan fingerprint density at radius 3 is 2.71 bits per heavy atom. The van der Waals surface area contributed by atoms with Crippen LogP contribution in [0.1, 0.15) is 23.8 Å². The minimum atomic E-state index is -0.545. The van der Waals surface area contributed by atoms with E-state index >= 15 is 0 Å². The molecule has 0 atom stereocenters. The molecule has 1 aromatic rings. The second kappa shape index (κ2) is 5.09. The van der Waals surface area contributed by atoms with E-state index in [2.05, 4.69) is 27.3 Å². The minimum absolute atomic E-state index is 0.205. The summed E-state index contributed by atoms with van der Waals surface area (Å²) in [6.07, 6.45) is 1.05. The number of aromatic nitrogens is 2. The first kappa shape index (κ1) is 11.8. The van der Waals surface area contributed by atoms with Gasteiger partial charge in [-0.05, 0) is 18.6 Å². The summed E-state index contributed by atoms with van der Waals surface area (Å²) >= 11 is 0. The maximum absolute atomic E-state index is 10.9. The Labute approximate surface area is 100 Å². The van der Waals surface area contributed by atoms with Gasteiger partial charge in [0.1, 0.15) is 0 Å². The molecular formula is C11H17N5O. The summed E-state index contributed by atoms with van der Waals surface area (Å²) in [5.41, 5.74) is 5.34. The fraction of sp³-hybridized carbons (Fsp3) is 0.545. The van der Waals surface area contributed by atoms with Gasteiger partial charge in [0.05, 0.1) is 6.04 Å². The molecule has 0 spiro atoms. The molecule has 0 aromatic carbocycles. The van der Waals surface area contributed by atoms with Gasteiger partial charge in [-0.1, -0.05) is 6.92 Å². The molecular weight excluding hydrogens is 218 g/mol. The van der Waals surface area contributed by atoms with E-state index in [1.54, 1.807) is 12.1 Å². The second-order valence-corrected chi connectivity index (χ2v) is 4.15. The van der Waals surface area contributed by atoms with Crippen molar-refractivity contribution < 1.29 is 4.79 Å². The lowest BCUT2D eigenvalue weighted by atomic mass is 10.1. The molecule has 6 heteroatoms. The Kier molecular flexibility index (Phi) is 3.53. The van der Waals surface area contributed by atoms with Gasteiger partial charge >= 0.3 is 0 Å². The van der Waals surface area contributed by atoms with Gasteiger partial charge in [0.25, 0.3) is 5.91 Å². The molecule has 0 radical (unpaired) electrons. The van der Waals surface area contributed by atoms with E-state index in [-0.39, 0.29) is 5.69 Å². The molecule has 1 fully saturated rings. The van der Waals surface area contributed by atoms with E-state index in [9.17, 15) is 4.79 Å². The third-order valence-electron chi connectivity index (χ3n) is 2.86. The van der Waals surface area contributed by atoms with Gasteiger partial charge in [0, 0.05) is 19.6 Å². The molecule has 92 valence electrons. The van der Waals surface area contributed by atoms with Crippen LogP contribution in [0.2, 0.25) is 0 Å². The van der Waals surface area contributed by atoms with Crippen molar-refractivity contribution in [3.8, 4) is 0 Å². The number of carbonyl (C=O) groups excluding carboxylic acids is 1. The predicted molar refractivity (Wildman–Crippen MR) is 64.8 cm³/mol. The zero-order valence-electron chi connectivity index (χ0n) is 9.89. The summed E-state index contributed by atoms with van der Waals surface area (Å²) in [6.45, 7) is 5.01. The van der Waals surface area contributed by atoms with E-state index in [4.69, 9.17) is 5.73 Å². The topological polar surface area (TPSA) is 84.1 Å². The van der Waals surface area contributed by atoms with Crippen LogP contribution < -0.4 is 16.0 Å². The molecule has 6 nitrogen and oxygen atoms in total. The van der Waals surface area contributed by atoms with Crippen LogP contribution in [0, 0.1) is 0 Å². The highest BCUT2D eigenvalue weighted by Crippen LogP contribution is 2.16. The third-order valence-corrected chi connectivity index (χ3v) is 2.86. The van der Waals surface area contributed by atoms with E-state index < -0.39 is 5.91 Å². The zero-order chi connectivity index (χ0) is 12.3. The maximum Gasteiger partial charge on any atom is 0.269 e. The van der Waals surface area contributed by atoms with Gasteiger partial charge in [-0.2, -0.15) is 0 Å². The fourth-order valence-electron chi connectivity index (χ4n) is 1.83. The summed E-state index contributed by atoms with van der Waals surface area (Å²) in [7, 11) is 0. The summed E-state index contributed by atoms with van der Waals surface area (Å²) in [6, 6.07) is 3.91. The second-order valence-electron chi connectivity index (χ2n) is 4.15. The summed E-state index contributed by atoms with van der Waals surface area (Å²) in [5.74, 6) is 0.264. The first-order chi connectivity index (χ1) is 8.22. The number of rotatable bonds is 5. The summed E-state index contributed by atoms with van der Waals surface area (Å²) in [4.78, 5) is 13.1. The summed E-state index contributed by atoms with van der Waals surface area (Å²) < 4.78 is 0. The van der Waals surface area contributed by atoms with Gasteiger partial charge < -0.3 is 16.0 Å². The Morgan fingerprint density at radius 2 is 2.29 bits per heavy atom. The molecule has 0 bridgehead atoms. The first-order valence-corrected chi connectivity index (χ1v) is 5.83. The standard InChI is InChI=1S/C11H17N5O/c1-2-5-16(8-6-13-7-8)10-4-3-9(11(12)17)14-15-10/h3-4,8,13H,2,5-7H2,1H3,(H2,12,17). The van der Waals surface area contributed by atoms with Crippen molar-refractivity contribution in [3.63, 3.8) is 0 Å². The lowest BCUT2D eigenvalue weighted by Crippen LogP contribution is -2.57. The normalized spacial score (nSPS) is 15.4. The number of hydrogen-bond donors (Lipinski definition) is 2. The number of nitrogens with zero attached hydrogens (tertiary/aromatic N) is 3. The number of carbonyl (C=O) groups is 1. The number of hydrogen-bond acceptors (Lipinski definition) is 5. The fourth-order valence-corrected chi connectivity index (χ4v) is 1.83. The SMILES string of the molecule is CCCN(c1ccc(C(N)=O)nn1)C1CNC1. The largest absolute Gasteiger partial charge is 0.364 e. The Morgan fingerprint density at radius 1 is 1.53 bits per heavy atom. The van der Waals surface area contributed by atoms with Gasteiger partial charge in [-0.25, -0.2) is 0 Å². The van der Waals surface area contributed by atoms with E-state index in [0.29, 0.717) is 6.04 Å². The lowest BCUT2D eigenvalue weighted by Gasteiger charge is -2.38. The highest BCUT2D eigenvalue weighted by Gasteiger charge is 2.25. The van der Waals surface area contributed by atoms with E-state index in [1.165, 1.54) is 0 Å². The molecule has 1 aromatic heterocycles. The molecule has 2 rings (SSSR count). The molecule has 0 aliphatic carbocycles. The van der Waals surface area contributed by atoms with Crippen LogP contribution in [0.3, 0.4) is 0 Å². The highest BCUT2D eigenvalue weighted by atomic mass is 16.1. The quantitative estimate of drug-likeness (QED) is 0.736. The van der Waals surface area contributed by atoms with Crippen LogP contribution in [0.5, 0.6) is 0 Å². The molecule has 1 aliphatic heterocycles. The van der Waals surface area contributed by atoms with Crippen molar-refractivity contribution in [1.82, 2.24) is 15.5 Å². The third kappa shape index (κ3) is 2.52. The van der Waals surface area contributed by atoms with Crippen molar-refractivity contribution in [2.24, 2.45) is 5.73 Å². The Hall–Kier alpha value is -1.69. The van der Waals surface area contributed by atoms with E-state index in [1.807, 2.05) is 0 Å². The molecule has 17 heavy (non-hydrogen) atoms. The number of nitrogens with two attached hydrogens (primary N) is 1. The average Bonchev–Trinajstić information content (AvgIpc) is 2.26. The molecule has 1 aliphatic rings. The van der Waals surface area contributed by atoms with Crippen molar-refractivity contribution in [2.75, 3.05) is 24.5 Å². The Bertz CT molecular complexity index is 387. The highest BCUT2D eigenvalue weighted by molar-refractivity contribution is 5.90. The molecule has 2 heterocycles.